The molecule has 2 N–H and O–H groups in total. The molecule has 7 heteroatoms. The minimum atomic E-state index is -3.49. The van der Waals surface area contributed by atoms with Gasteiger partial charge < -0.3 is 10.1 Å². The van der Waals surface area contributed by atoms with E-state index in [-0.39, 0.29) is 11.0 Å². The summed E-state index contributed by atoms with van der Waals surface area (Å²) < 4.78 is 31.8. The second-order valence-electron chi connectivity index (χ2n) is 4.12. The molecule has 0 spiro atoms. The quantitative estimate of drug-likeness (QED) is 0.819. The molecule has 1 aromatic rings. The molecule has 100 valence electrons. The van der Waals surface area contributed by atoms with Gasteiger partial charge in [-0.25, -0.2) is 18.1 Å². The minimum absolute atomic E-state index is 0.00989. The Bertz CT molecular complexity index is 481. The summed E-state index contributed by atoms with van der Waals surface area (Å²) in [4.78, 5) is 4.15. The highest BCUT2D eigenvalue weighted by Gasteiger charge is 2.20. The van der Waals surface area contributed by atoms with Crippen molar-refractivity contribution in [1.29, 1.82) is 0 Å². The Morgan fingerprint density at radius 3 is 2.89 bits per heavy atom. The van der Waals surface area contributed by atoms with Gasteiger partial charge in [0.2, 0.25) is 10.0 Å². The second-order valence-corrected chi connectivity index (χ2v) is 5.88. The zero-order chi connectivity index (χ0) is 13.0. The molecule has 0 radical (unpaired) electrons. The van der Waals surface area contributed by atoms with Gasteiger partial charge in [-0.15, -0.1) is 0 Å². The molecule has 1 aliphatic rings. The van der Waals surface area contributed by atoms with E-state index in [1.54, 1.807) is 13.1 Å². The van der Waals surface area contributed by atoms with Crippen molar-refractivity contribution in [3.05, 3.63) is 18.3 Å². The molecule has 1 fully saturated rings. The molecule has 18 heavy (non-hydrogen) atoms. The molecule has 1 unspecified atom stereocenters. The van der Waals surface area contributed by atoms with E-state index in [0.29, 0.717) is 19.0 Å². The average Bonchev–Trinajstić information content (AvgIpc) is 2.90. The van der Waals surface area contributed by atoms with Crippen LogP contribution in [-0.4, -0.2) is 39.7 Å². The van der Waals surface area contributed by atoms with Crippen LogP contribution < -0.4 is 10.0 Å². The number of hydrogen-bond donors (Lipinski definition) is 2. The van der Waals surface area contributed by atoms with Crippen LogP contribution in [0.2, 0.25) is 0 Å². The van der Waals surface area contributed by atoms with Crippen molar-refractivity contribution in [2.45, 2.75) is 23.8 Å². The van der Waals surface area contributed by atoms with E-state index < -0.39 is 10.0 Å². The lowest BCUT2D eigenvalue weighted by Gasteiger charge is -2.11. The maximum absolute atomic E-state index is 12.0. The summed E-state index contributed by atoms with van der Waals surface area (Å²) in [5.41, 5.74) is 0. The topological polar surface area (TPSA) is 80.3 Å². The number of anilines is 1. The number of sulfonamides is 1. The first-order chi connectivity index (χ1) is 8.62. The standard InChI is InChI=1S/C11H17N3O3S/c1-12-11-5-4-10(8-13-11)18(15,16)14-7-9-3-2-6-17-9/h4-5,8-9,14H,2-3,6-7H2,1H3,(H,12,13). The number of pyridine rings is 1. The van der Waals surface area contributed by atoms with Crippen LogP contribution in [0.1, 0.15) is 12.8 Å². The predicted octanol–water partition coefficient (Wildman–Crippen LogP) is 0.581. The normalized spacial score (nSPS) is 19.9. The van der Waals surface area contributed by atoms with Crippen molar-refractivity contribution in [3.8, 4) is 0 Å². The second kappa shape index (κ2) is 5.64. The molecule has 1 atom stereocenters. The zero-order valence-corrected chi connectivity index (χ0v) is 11.0. The molecule has 1 aliphatic heterocycles. The van der Waals surface area contributed by atoms with Gasteiger partial charge in [-0.3, -0.25) is 0 Å². The third kappa shape index (κ3) is 3.18. The number of nitrogens with one attached hydrogen (secondary N) is 2. The summed E-state index contributed by atoms with van der Waals surface area (Å²) in [6.07, 6.45) is 3.22. The summed E-state index contributed by atoms with van der Waals surface area (Å²) >= 11 is 0. The maximum atomic E-state index is 12.0. The van der Waals surface area contributed by atoms with E-state index in [0.717, 1.165) is 12.8 Å². The van der Waals surface area contributed by atoms with Crippen molar-refractivity contribution in [2.24, 2.45) is 0 Å². The molecule has 1 saturated heterocycles. The van der Waals surface area contributed by atoms with Gasteiger partial charge in [-0.05, 0) is 25.0 Å². The lowest BCUT2D eigenvalue weighted by atomic mass is 10.2. The average molecular weight is 271 g/mol. The fraction of sp³-hybridized carbons (Fsp3) is 0.545. The van der Waals surface area contributed by atoms with Crippen LogP contribution in [0.3, 0.4) is 0 Å². The molecular weight excluding hydrogens is 254 g/mol. The van der Waals surface area contributed by atoms with Gasteiger partial charge in [0, 0.05) is 26.4 Å². The Labute approximate surface area is 107 Å². The van der Waals surface area contributed by atoms with E-state index >= 15 is 0 Å². The lowest BCUT2D eigenvalue weighted by molar-refractivity contribution is 0.114. The van der Waals surface area contributed by atoms with Gasteiger partial charge in [0.25, 0.3) is 0 Å². The molecule has 2 rings (SSSR count). The minimum Gasteiger partial charge on any atom is -0.377 e. The largest absolute Gasteiger partial charge is 0.377 e. The van der Waals surface area contributed by atoms with Crippen LogP contribution in [0.25, 0.3) is 0 Å². The SMILES string of the molecule is CNc1ccc(S(=O)(=O)NCC2CCCO2)cn1. The van der Waals surface area contributed by atoms with Crippen LogP contribution in [0.4, 0.5) is 5.82 Å². The fourth-order valence-electron chi connectivity index (χ4n) is 1.78. The Hall–Kier alpha value is -1.18. The van der Waals surface area contributed by atoms with E-state index in [2.05, 4.69) is 15.0 Å². The predicted molar refractivity (Wildman–Crippen MR) is 67.9 cm³/mol. The van der Waals surface area contributed by atoms with Crippen molar-refractivity contribution < 1.29 is 13.2 Å². The van der Waals surface area contributed by atoms with E-state index in [1.165, 1.54) is 12.3 Å². The van der Waals surface area contributed by atoms with Gasteiger partial charge >= 0.3 is 0 Å². The summed E-state index contributed by atoms with van der Waals surface area (Å²) in [6.45, 7) is 1.03. The number of nitrogens with zero attached hydrogens (tertiary/aromatic N) is 1. The Morgan fingerprint density at radius 2 is 2.33 bits per heavy atom. The number of hydrogen-bond acceptors (Lipinski definition) is 5. The van der Waals surface area contributed by atoms with Gasteiger partial charge in [-0.2, -0.15) is 0 Å². The van der Waals surface area contributed by atoms with Crippen molar-refractivity contribution in [1.82, 2.24) is 9.71 Å². The van der Waals surface area contributed by atoms with Gasteiger partial charge in [0.15, 0.2) is 0 Å². The van der Waals surface area contributed by atoms with E-state index in [9.17, 15) is 8.42 Å². The van der Waals surface area contributed by atoms with Gasteiger partial charge in [-0.1, -0.05) is 0 Å². The summed E-state index contributed by atoms with van der Waals surface area (Å²) in [5, 5.41) is 2.84. The Kier molecular flexibility index (Phi) is 4.15. The molecule has 0 aromatic carbocycles. The number of rotatable bonds is 5. The highest BCUT2D eigenvalue weighted by atomic mass is 32.2. The molecule has 0 saturated carbocycles. The fourth-order valence-corrected chi connectivity index (χ4v) is 2.79. The van der Waals surface area contributed by atoms with Gasteiger partial charge in [0.05, 0.1) is 6.10 Å². The number of ether oxygens (including phenoxy) is 1. The van der Waals surface area contributed by atoms with Crippen molar-refractivity contribution in [2.75, 3.05) is 25.5 Å². The van der Waals surface area contributed by atoms with Crippen LogP contribution in [0, 0.1) is 0 Å². The first-order valence-corrected chi connectivity index (χ1v) is 7.35. The monoisotopic (exact) mass is 271 g/mol. The Morgan fingerprint density at radius 1 is 1.50 bits per heavy atom. The molecule has 2 heterocycles. The van der Waals surface area contributed by atoms with Crippen LogP contribution >= 0.6 is 0 Å². The van der Waals surface area contributed by atoms with Crippen LogP contribution in [0.15, 0.2) is 23.2 Å². The molecule has 0 aliphatic carbocycles. The highest BCUT2D eigenvalue weighted by molar-refractivity contribution is 7.89. The molecule has 0 bridgehead atoms. The maximum Gasteiger partial charge on any atom is 0.242 e. The third-order valence-corrected chi connectivity index (χ3v) is 4.24. The van der Waals surface area contributed by atoms with Crippen molar-refractivity contribution in [3.63, 3.8) is 0 Å². The third-order valence-electron chi connectivity index (χ3n) is 2.83. The summed E-state index contributed by atoms with van der Waals surface area (Å²) in [7, 11) is -1.76. The first-order valence-electron chi connectivity index (χ1n) is 5.87. The number of aromatic nitrogens is 1. The summed E-state index contributed by atoms with van der Waals surface area (Å²) in [5.74, 6) is 0.632. The Balaban J connectivity index is 2.00. The molecular formula is C11H17N3O3S. The lowest BCUT2D eigenvalue weighted by Crippen LogP contribution is -2.31. The molecule has 6 nitrogen and oxygen atoms in total. The highest BCUT2D eigenvalue weighted by Crippen LogP contribution is 2.13. The molecule has 1 aromatic heterocycles. The van der Waals surface area contributed by atoms with Crippen molar-refractivity contribution >= 4 is 15.8 Å². The zero-order valence-electron chi connectivity index (χ0n) is 10.2. The smallest absolute Gasteiger partial charge is 0.242 e. The van der Waals surface area contributed by atoms with E-state index in [1.807, 2.05) is 0 Å². The van der Waals surface area contributed by atoms with E-state index in [4.69, 9.17) is 4.74 Å². The van der Waals surface area contributed by atoms with Crippen LogP contribution in [0.5, 0.6) is 0 Å². The molecule has 0 amide bonds. The van der Waals surface area contributed by atoms with Crippen LogP contribution in [-0.2, 0) is 14.8 Å². The summed E-state index contributed by atoms with van der Waals surface area (Å²) in [6, 6.07) is 3.15. The first kappa shape index (κ1) is 13.3. The van der Waals surface area contributed by atoms with Gasteiger partial charge in [0.1, 0.15) is 10.7 Å².